The Hall–Kier alpha value is -1.07. The van der Waals surface area contributed by atoms with E-state index in [1.54, 1.807) is 12.4 Å². The summed E-state index contributed by atoms with van der Waals surface area (Å²) in [7, 11) is 0. The monoisotopic (exact) mass is 105 g/mol. The molecule has 1 rings (SSSR count). The fourth-order valence-electron chi connectivity index (χ4n) is 0.463. The third kappa shape index (κ3) is 1.21. The van der Waals surface area contributed by atoms with Crippen molar-refractivity contribution in [3.63, 3.8) is 0 Å². The van der Waals surface area contributed by atoms with Crippen LogP contribution in [0.3, 0.4) is 0 Å². The van der Waals surface area contributed by atoms with Crippen LogP contribution in [0.25, 0.3) is 0 Å². The molecule has 0 bridgehead atoms. The quantitative estimate of drug-likeness (QED) is 0.416. The van der Waals surface area contributed by atoms with Gasteiger partial charge in [-0.05, 0) is 24.6 Å². The van der Waals surface area contributed by atoms with Gasteiger partial charge >= 0.3 is 0 Å². The van der Waals surface area contributed by atoms with Crippen molar-refractivity contribution < 1.29 is 0 Å². The van der Waals surface area contributed by atoms with E-state index in [1.807, 2.05) is 19.1 Å². The lowest BCUT2D eigenvalue weighted by Crippen LogP contribution is -1.71. The van der Waals surface area contributed by atoms with Gasteiger partial charge in [0.25, 0.3) is 0 Å². The molecule has 0 aromatic heterocycles. The standard InChI is InChI=1S/C7H7N/c1-7-4-2-3-5-8-6-7/h2,4-6H,1H3. The van der Waals surface area contributed by atoms with Crippen LogP contribution >= 0.6 is 0 Å². The van der Waals surface area contributed by atoms with E-state index in [1.165, 1.54) is 0 Å². The van der Waals surface area contributed by atoms with Crippen LogP contribution in [0.1, 0.15) is 6.92 Å². The van der Waals surface area contributed by atoms with Gasteiger partial charge in [0.1, 0.15) is 0 Å². The molecule has 1 heterocycles. The van der Waals surface area contributed by atoms with Crippen LogP contribution in [0.2, 0.25) is 0 Å². The molecule has 0 N–H and O–H groups in total. The van der Waals surface area contributed by atoms with Gasteiger partial charge in [0.15, 0.2) is 0 Å². The van der Waals surface area contributed by atoms with E-state index in [0.717, 1.165) is 5.57 Å². The highest BCUT2D eigenvalue weighted by atomic mass is 14.7. The number of hydrogen-bond donors (Lipinski definition) is 0. The maximum absolute atomic E-state index is 3.89. The Labute approximate surface area is 48.7 Å². The molecule has 1 aliphatic rings. The molecule has 8 heavy (non-hydrogen) atoms. The molecule has 0 fully saturated rings. The fourth-order valence-corrected chi connectivity index (χ4v) is 0.463. The number of allylic oxidation sites excluding steroid dienone is 3. The van der Waals surface area contributed by atoms with Gasteiger partial charge in [0, 0.05) is 6.21 Å². The third-order valence-corrected chi connectivity index (χ3v) is 0.870. The number of rotatable bonds is 0. The molecule has 0 aromatic carbocycles. The molecule has 0 spiro atoms. The van der Waals surface area contributed by atoms with E-state index in [9.17, 15) is 0 Å². The molecule has 0 radical (unpaired) electrons. The number of aliphatic imine (C=N–C) groups is 1. The van der Waals surface area contributed by atoms with Gasteiger partial charge in [-0.15, -0.1) is 5.73 Å². The first-order chi connectivity index (χ1) is 3.89. The smallest absolute Gasteiger partial charge is 0.0686 e. The summed E-state index contributed by atoms with van der Waals surface area (Å²) in [5.41, 5.74) is 4.01. The molecule has 1 heteroatoms. The van der Waals surface area contributed by atoms with Crippen molar-refractivity contribution in [2.45, 2.75) is 6.92 Å². The summed E-state index contributed by atoms with van der Waals surface area (Å²) in [6.07, 6.45) is 7.26. The zero-order valence-electron chi connectivity index (χ0n) is 4.76. The zero-order valence-corrected chi connectivity index (χ0v) is 4.76. The van der Waals surface area contributed by atoms with Crippen LogP contribution in [0.5, 0.6) is 0 Å². The van der Waals surface area contributed by atoms with Gasteiger partial charge in [-0.3, -0.25) is 4.99 Å². The first-order valence-electron chi connectivity index (χ1n) is 2.50. The lowest BCUT2D eigenvalue weighted by Gasteiger charge is -1.79. The molecule has 0 saturated carbocycles. The highest BCUT2D eigenvalue weighted by molar-refractivity contribution is 5.78. The number of hydrogen-bond acceptors (Lipinski definition) is 1. The Kier molecular flexibility index (Phi) is 1.45. The summed E-state index contributed by atoms with van der Waals surface area (Å²) in [6, 6.07) is 0. The first-order valence-corrected chi connectivity index (χ1v) is 2.50. The van der Waals surface area contributed by atoms with Crippen LogP contribution in [-0.4, -0.2) is 6.21 Å². The maximum atomic E-state index is 3.89. The summed E-state index contributed by atoms with van der Waals surface area (Å²) in [4.78, 5) is 3.89. The SMILES string of the molecule is CC1=CC=C=CN=C1. The van der Waals surface area contributed by atoms with Gasteiger partial charge < -0.3 is 0 Å². The Morgan fingerprint density at radius 2 is 2.50 bits per heavy atom. The summed E-state index contributed by atoms with van der Waals surface area (Å²) >= 11 is 0. The normalized spacial score (nSPS) is 15.9. The Morgan fingerprint density at radius 1 is 1.62 bits per heavy atom. The third-order valence-electron chi connectivity index (χ3n) is 0.870. The second-order valence-electron chi connectivity index (χ2n) is 1.65. The summed E-state index contributed by atoms with van der Waals surface area (Å²) < 4.78 is 0. The van der Waals surface area contributed by atoms with Gasteiger partial charge in [-0.2, -0.15) is 0 Å². The predicted molar refractivity (Wildman–Crippen MR) is 34.9 cm³/mol. The Morgan fingerprint density at radius 3 is 3.38 bits per heavy atom. The van der Waals surface area contributed by atoms with Crippen molar-refractivity contribution >= 4 is 6.21 Å². The minimum atomic E-state index is 1.16. The van der Waals surface area contributed by atoms with E-state index in [2.05, 4.69) is 10.7 Å². The summed E-state index contributed by atoms with van der Waals surface area (Å²) in [5.74, 6) is 0. The van der Waals surface area contributed by atoms with Crippen LogP contribution < -0.4 is 0 Å². The summed E-state index contributed by atoms with van der Waals surface area (Å²) in [5, 5.41) is 0. The second kappa shape index (κ2) is 2.29. The van der Waals surface area contributed by atoms with Crippen LogP contribution in [0.4, 0.5) is 0 Å². The van der Waals surface area contributed by atoms with E-state index in [0.29, 0.717) is 0 Å². The van der Waals surface area contributed by atoms with Crippen molar-refractivity contribution in [2.24, 2.45) is 4.99 Å². The van der Waals surface area contributed by atoms with Crippen molar-refractivity contribution in [3.8, 4) is 0 Å². The molecular weight excluding hydrogens is 98.1 g/mol. The van der Waals surface area contributed by atoms with Crippen molar-refractivity contribution in [3.05, 3.63) is 29.7 Å². The van der Waals surface area contributed by atoms with E-state index < -0.39 is 0 Å². The Balaban J connectivity index is 2.90. The zero-order chi connectivity index (χ0) is 5.82. The molecule has 0 aliphatic carbocycles. The highest BCUT2D eigenvalue weighted by Crippen LogP contribution is 1.91. The van der Waals surface area contributed by atoms with Gasteiger partial charge in [-0.25, -0.2) is 0 Å². The van der Waals surface area contributed by atoms with Crippen LogP contribution in [-0.2, 0) is 0 Å². The molecule has 0 atom stereocenters. The molecule has 0 amide bonds. The summed E-state index contributed by atoms with van der Waals surface area (Å²) in [6.45, 7) is 2.00. The van der Waals surface area contributed by atoms with Crippen LogP contribution in [0, 0.1) is 0 Å². The average Bonchev–Trinajstić information content (AvgIpc) is 1.94. The Bertz CT molecular complexity index is 190. The van der Waals surface area contributed by atoms with Gasteiger partial charge in [0.05, 0.1) is 6.20 Å². The molecule has 0 unspecified atom stereocenters. The maximum Gasteiger partial charge on any atom is 0.0686 e. The van der Waals surface area contributed by atoms with Crippen molar-refractivity contribution in [2.75, 3.05) is 0 Å². The van der Waals surface area contributed by atoms with Crippen molar-refractivity contribution in [1.82, 2.24) is 0 Å². The topological polar surface area (TPSA) is 12.4 Å². The van der Waals surface area contributed by atoms with E-state index in [-0.39, 0.29) is 0 Å². The first kappa shape index (κ1) is 5.07. The van der Waals surface area contributed by atoms with Gasteiger partial charge in [-0.1, -0.05) is 0 Å². The van der Waals surface area contributed by atoms with Crippen molar-refractivity contribution in [1.29, 1.82) is 0 Å². The largest absolute Gasteiger partial charge is 0.256 e. The minimum Gasteiger partial charge on any atom is -0.256 e. The molecule has 1 aliphatic heterocycles. The fraction of sp³-hybridized carbons (Fsp3) is 0.143. The molecule has 40 valence electrons. The molecular formula is C7H7N. The lowest BCUT2D eigenvalue weighted by atomic mass is 10.3. The van der Waals surface area contributed by atoms with Crippen LogP contribution in [0.15, 0.2) is 34.6 Å². The minimum absolute atomic E-state index is 1.16. The lowest BCUT2D eigenvalue weighted by molar-refractivity contribution is 1.56. The predicted octanol–water partition coefficient (Wildman–Crippen LogP) is 1.69. The highest BCUT2D eigenvalue weighted by Gasteiger charge is 1.77. The number of nitrogens with zero attached hydrogens (tertiary/aromatic N) is 1. The van der Waals surface area contributed by atoms with E-state index >= 15 is 0 Å². The molecule has 0 saturated heterocycles. The average molecular weight is 105 g/mol. The van der Waals surface area contributed by atoms with E-state index in [4.69, 9.17) is 0 Å². The molecule has 0 aromatic rings. The molecule has 1 nitrogen and oxygen atoms in total. The van der Waals surface area contributed by atoms with Gasteiger partial charge in [0.2, 0.25) is 0 Å². The second-order valence-corrected chi connectivity index (χ2v) is 1.65.